The van der Waals surface area contributed by atoms with Gasteiger partial charge in [-0.05, 0) is 25.8 Å². The lowest BCUT2D eigenvalue weighted by molar-refractivity contribution is -0.384. The molecule has 2 aromatic rings. The van der Waals surface area contributed by atoms with Gasteiger partial charge < -0.3 is 9.73 Å². The van der Waals surface area contributed by atoms with Gasteiger partial charge in [-0.25, -0.2) is 0 Å². The van der Waals surface area contributed by atoms with Gasteiger partial charge in [0.1, 0.15) is 5.52 Å². The minimum absolute atomic E-state index is 0.0160. The highest BCUT2D eigenvalue weighted by Gasteiger charge is 2.29. The van der Waals surface area contributed by atoms with Crippen molar-refractivity contribution in [3.8, 4) is 0 Å². The third-order valence-corrected chi connectivity index (χ3v) is 3.70. The van der Waals surface area contributed by atoms with Crippen LogP contribution in [0, 0.1) is 10.1 Å². The zero-order valence-corrected chi connectivity index (χ0v) is 10.7. The number of benzene rings is 1. The van der Waals surface area contributed by atoms with E-state index < -0.39 is 4.92 Å². The molecule has 1 heterocycles. The lowest BCUT2D eigenvalue weighted by atomic mass is 10.0. The first-order valence-corrected chi connectivity index (χ1v) is 6.39. The molecule has 1 N–H and O–H groups in total. The summed E-state index contributed by atoms with van der Waals surface area (Å²) in [4.78, 5) is 14.6. The lowest BCUT2D eigenvalue weighted by Crippen LogP contribution is -2.30. The molecule has 1 aliphatic carbocycles. The molecule has 0 saturated heterocycles. The summed E-state index contributed by atoms with van der Waals surface area (Å²) >= 11 is 0. The number of aromatic nitrogens is 1. The van der Waals surface area contributed by atoms with E-state index in [1.165, 1.54) is 25.0 Å². The molecule has 0 spiro atoms. The summed E-state index contributed by atoms with van der Waals surface area (Å²) in [6.45, 7) is 2.15. The fourth-order valence-corrected chi connectivity index (χ4v) is 2.62. The van der Waals surface area contributed by atoms with Crippen LogP contribution in [0.4, 0.5) is 11.7 Å². The Morgan fingerprint density at radius 1 is 1.42 bits per heavy atom. The van der Waals surface area contributed by atoms with Crippen molar-refractivity contribution < 1.29 is 9.34 Å². The summed E-state index contributed by atoms with van der Waals surface area (Å²) in [6.07, 6.45) is 4.59. The van der Waals surface area contributed by atoms with Crippen LogP contribution < -0.4 is 5.32 Å². The Hall–Kier alpha value is -2.11. The van der Waals surface area contributed by atoms with Crippen molar-refractivity contribution in [1.82, 2.24) is 4.98 Å². The third-order valence-electron chi connectivity index (χ3n) is 3.70. The van der Waals surface area contributed by atoms with Crippen molar-refractivity contribution in [1.29, 1.82) is 0 Å². The Morgan fingerprint density at radius 2 is 2.16 bits per heavy atom. The Kier molecular flexibility index (Phi) is 2.66. The molecule has 1 aromatic heterocycles. The maximum atomic E-state index is 10.7. The molecule has 0 bridgehead atoms. The molecule has 1 aromatic carbocycles. The molecule has 0 unspecified atom stereocenters. The second kappa shape index (κ2) is 4.22. The summed E-state index contributed by atoms with van der Waals surface area (Å²) in [5.74, 6) is 0. The van der Waals surface area contributed by atoms with Crippen molar-refractivity contribution in [3.05, 3.63) is 28.3 Å². The van der Waals surface area contributed by atoms with Gasteiger partial charge in [-0.2, -0.15) is 4.98 Å². The summed E-state index contributed by atoms with van der Waals surface area (Å²) < 4.78 is 5.56. The number of non-ortho nitro benzene ring substituents is 1. The molecule has 1 fully saturated rings. The number of nitrogens with one attached hydrogen (secondary N) is 1. The van der Waals surface area contributed by atoms with Gasteiger partial charge in [0.25, 0.3) is 11.7 Å². The molecule has 6 nitrogen and oxygen atoms in total. The first-order valence-electron chi connectivity index (χ1n) is 6.39. The molecule has 0 amide bonds. The smallest absolute Gasteiger partial charge is 0.296 e. The van der Waals surface area contributed by atoms with Crippen LogP contribution in [0.5, 0.6) is 0 Å². The molecular weight excluding hydrogens is 246 g/mol. The average molecular weight is 261 g/mol. The molecule has 19 heavy (non-hydrogen) atoms. The van der Waals surface area contributed by atoms with Gasteiger partial charge in [-0.1, -0.05) is 12.8 Å². The summed E-state index contributed by atoms with van der Waals surface area (Å²) in [7, 11) is 0. The second-order valence-corrected chi connectivity index (χ2v) is 5.32. The predicted molar refractivity (Wildman–Crippen MR) is 71.2 cm³/mol. The van der Waals surface area contributed by atoms with E-state index in [0.717, 1.165) is 12.8 Å². The minimum Gasteiger partial charge on any atom is -0.423 e. The number of fused-ring (bicyclic) bond motifs is 1. The SMILES string of the molecule is CC1(Nc2nc3ccc([N+](=O)[O-])cc3o2)CCCC1. The number of anilines is 1. The monoisotopic (exact) mass is 261 g/mol. The van der Waals surface area contributed by atoms with Crippen molar-refractivity contribution in [2.75, 3.05) is 5.32 Å². The van der Waals surface area contributed by atoms with E-state index in [4.69, 9.17) is 4.42 Å². The topological polar surface area (TPSA) is 81.2 Å². The van der Waals surface area contributed by atoms with E-state index in [9.17, 15) is 10.1 Å². The normalized spacial score (nSPS) is 17.7. The molecular formula is C13H15N3O3. The largest absolute Gasteiger partial charge is 0.423 e. The maximum Gasteiger partial charge on any atom is 0.296 e. The van der Waals surface area contributed by atoms with Gasteiger partial charge in [0.15, 0.2) is 5.58 Å². The zero-order chi connectivity index (χ0) is 13.5. The Morgan fingerprint density at radius 3 is 2.84 bits per heavy atom. The van der Waals surface area contributed by atoms with Crippen LogP contribution in [-0.2, 0) is 0 Å². The van der Waals surface area contributed by atoms with Crippen molar-refractivity contribution in [3.63, 3.8) is 0 Å². The molecule has 0 atom stereocenters. The number of nitro groups is 1. The van der Waals surface area contributed by atoms with E-state index in [2.05, 4.69) is 17.2 Å². The number of rotatable bonds is 3. The maximum absolute atomic E-state index is 10.7. The average Bonchev–Trinajstić information content (AvgIpc) is 2.94. The molecule has 3 rings (SSSR count). The van der Waals surface area contributed by atoms with Gasteiger partial charge >= 0.3 is 0 Å². The molecule has 0 radical (unpaired) electrons. The van der Waals surface area contributed by atoms with Gasteiger partial charge in [-0.15, -0.1) is 0 Å². The van der Waals surface area contributed by atoms with E-state index in [0.29, 0.717) is 17.1 Å². The van der Waals surface area contributed by atoms with Crippen molar-refractivity contribution in [2.24, 2.45) is 0 Å². The standard InChI is InChI=1S/C13H15N3O3/c1-13(6-2-3-7-13)15-12-14-10-5-4-9(16(17)18)8-11(10)19-12/h4-5,8H,2-3,6-7H2,1H3,(H,14,15). The highest BCUT2D eigenvalue weighted by Crippen LogP contribution is 2.33. The predicted octanol–water partition coefficient (Wildman–Crippen LogP) is 3.48. The highest BCUT2D eigenvalue weighted by atomic mass is 16.6. The number of hydrogen-bond acceptors (Lipinski definition) is 5. The van der Waals surface area contributed by atoms with E-state index in [-0.39, 0.29) is 11.2 Å². The van der Waals surface area contributed by atoms with Crippen LogP contribution in [0.25, 0.3) is 11.1 Å². The first kappa shape index (κ1) is 12.0. The van der Waals surface area contributed by atoms with Crippen LogP contribution in [0.1, 0.15) is 32.6 Å². The quantitative estimate of drug-likeness (QED) is 0.675. The number of hydrogen-bond donors (Lipinski definition) is 1. The second-order valence-electron chi connectivity index (χ2n) is 5.32. The van der Waals surface area contributed by atoms with Crippen molar-refractivity contribution in [2.45, 2.75) is 38.1 Å². The van der Waals surface area contributed by atoms with Gasteiger partial charge in [-0.3, -0.25) is 10.1 Å². The molecule has 1 saturated carbocycles. The summed E-state index contributed by atoms with van der Waals surface area (Å²) in [5, 5.41) is 14.0. The van der Waals surface area contributed by atoms with E-state index >= 15 is 0 Å². The molecule has 1 aliphatic rings. The van der Waals surface area contributed by atoms with Crippen LogP contribution in [0.2, 0.25) is 0 Å². The summed E-state index contributed by atoms with van der Waals surface area (Å²) in [5.41, 5.74) is 1.11. The van der Waals surface area contributed by atoms with Gasteiger partial charge in [0.2, 0.25) is 0 Å². The van der Waals surface area contributed by atoms with Crippen LogP contribution in [0.3, 0.4) is 0 Å². The summed E-state index contributed by atoms with van der Waals surface area (Å²) in [6, 6.07) is 4.90. The molecule has 0 aliphatic heterocycles. The highest BCUT2D eigenvalue weighted by molar-refractivity contribution is 5.77. The third kappa shape index (κ3) is 2.25. The fourth-order valence-electron chi connectivity index (χ4n) is 2.62. The molecule has 100 valence electrons. The first-order chi connectivity index (χ1) is 9.06. The minimum atomic E-state index is -0.437. The van der Waals surface area contributed by atoms with Gasteiger partial charge in [0.05, 0.1) is 11.0 Å². The Bertz CT molecular complexity index is 629. The Labute approximate surface area is 110 Å². The van der Waals surface area contributed by atoms with Crippen LogP contribution in [-0.4, -0.2) is 15.4 Å². The van der Waals surface area contributed by atoms with Crippen molar-refractivity contribution >= 4 is 22.8 Å². The number of nitro benzene ring substituents is 1. The van der Waals surface area contributed by atoms with Crippen LogP contribution in [0.15, 0.2) is 22.6 Å². The fraction of sp³-hybridized carbons (Fsp3) is 0.462. The lowest BCUT2D eigenvalue weighted by Gasteiger charge is -2.23. The zero-order valence-electron chi connectivity index (χ0n) is 10.7. The van der Waals surface area contributed by atoms with E-state index in [1.807, 2.05) is 0 Å². The van der Waals surface area contributed by atoms with Crippen LogP contribution >= 0.6 is 0 Å². The van der Waals surface area contributed by atoms with E-state index in [1.54, 1.807) is 6.07 Å². The number of oxazole rings is 1. The molecule has 6 heteroatoms. The van der Waals surface area contributed by atoms with Gasteiger partial charge in [0, 0.05) is 11.6 Å². The Balaban J connectivity index is 1.91. The number of nitrogens with zero attached hydrogens (tertiary/aromatic N) is 2.